The van der Waals surface area contributed by atoms with E-state index in [1.54, 1.807) is 12.1 Å². The third-order valence-electron chi connectivity index (χ3n) is 2.53. The molecule has 0 bridgehead atoms. The standard InChI is InChI=1S/C12H10N2O2/c1-7-4-12(16)14-11-5-10(13-6-15)8(2)3-9(7)11/h3-5H,1-2H3,(H,14,16). The Morgan fingerprint density at radius 1 is 1.19 bits per heavy atom. The molecule has 1 aromatic carbocycles. The molecule has 0 fully saturated rings. The van der Waals surface area contributed by atoms with Crippen LogP contribution in [0.25, 0.3) is 10.9 Å². The van der Waals surface area contributed by atoms with Crippen molar-refractivity contribution in [2.24, 2.45) is 4.99 Å². The Kier molecular flexibility index (Phi) is 2.43. The number of aromatic nitrogens is 1. The molecule has 0 saturated carbocycles. The number of isocyanates is 1. The number of carbonyl (C=O) groups excluding carboxylic acids is 1. The Hall–Kier alpha value is -2.19. The van der Waals surface area contributed by atoms with Crippen molar-refractivity contribution < 1.29 is 4.79 Å². The molecule has 0 atom stereocenters. The molecule has 1 aromatic heterocycles. The number of pyridine rings is 1. The molecular weight excluding hydrogens is 204 g/mol. The number of hydrogen-bond acceptors (Lipinski definition) is 3. The quantitative estimate of drug-likeness (QED) is 0.583. The molecular formula is C12H10N2O2. The van der Waals surface area contributed by atoms with Crippen molar-refractivity contribution in [3.05, 3.63) is 39.7 Å². The molecule has 0 spiro atoms. The Labute approximate surface area is 91.6 Å². The van der Waals surface area contributed by atoms with Crippen molar-refractivity contribution in [2.45, 2.75) is 13.8 Å². The zero-order valence-electron chi connectivity index (χ0n) is 9.00. The molecule has 0 aliphatic rings. The van der Waals surface area contributed by atoms with E-state index in [1.807, 2.05) is 19.9 Å². The number of aliphatic imine (C=N–C) groups is 1. The molecule has 16 heavy (non-hydrogen) atoms. The van der Waals surface area contributed by atoms with Crippen molar-refractivity contribution in [3.8, 4) is 0 Å². The molecule has 4 heteroatoms. The van der Waals surface area contributed by atoms with Gasteiger partial charge in [0.25, 0.3) is 0 Å². The number of nitrogens with zero attached hydrogens (tertiary/aromatic N) is 1. The first-order valence-electron chi connectivity index (χ1n) is 4.84. The molecule has 0 aliphatic heterocycles. The summed E-state index contributed by atoms with van der Waals surface area (Å²) >= 11 is 0. The van der Waals surface area contributed by atoms with Gasteiger partial charge in [0.2, 0.25) is 11.6 Å². The normalized spacial score (nSPS) is 10.1. The molecule has 0 unspecified atom stereocenters. The van der Waals surface area contributed by atoms with E-state index in [4.69, 9.17) is 0 Å². The van der Waals surface area contributed by atoms with Crippen LogP contribution < -0.4 is 5.56 Å². The van der Waals surface area contributed by atoms with Crippen molar-refractivity contribution in [2.75, 3.05) is 0 Å². The van der Waals surface area contributed by atoms with Gasteiger partial charge in [-0.25, -0.2) is 4.79 Å². The Morgan fingerprint density at radius 2 is 1.94 bits per heavy atom. The van der Waals surface area contributed by atoms with Crippen LogP contribution in [0.4, 0.5) is 5.69 Å². The summed E-state index contributed by atoms with van der Waals surface area (Å²) in [6.45, 7) is 3.74. The topological polar surface area (TPSA) is 62.3 Å². The first-order chi connectivity index (χ1) is 7.61. The Morgan fingerprint density at radius 3 is 2.62 bits per heavy atom. The zero-order valence-corrected chi connectivity index (χ0v) is 9.00. The second kappa shape index (κ2) is 3.76. The fourth-order valence-corrected chi connectivity index (χ4v) is 1.74. The molecule has 1 heterocycles. The van der Waals surface area contributed by atoms with Crippen molar-refractivity contribution in [1.29, 1.82) is 0 Å². The maximum absolute atomic E-state index is 11.3. The minimum Gasteiger partial charge on any atom is -0.322 e. The van der Waals surface area contributed by atoms with Gasteiger partial charge < -0.3 is 4.98 Å². The average molecular weight is 214 g/mol. The summed E-state index contributed by atoms with van der Waals surface area (Å²) in [6.07, 6.45) is 1.50. The van der Waals surface area contributed by atoms with Crippen LogP contribution in [-0.2, 0) is 4.79 Å². The van der Waals surface area contributed by atoms with Crippen molar-refractivity contribution in [3.63, 3.8) is 0 Å². The first-order valence-corrected chi connectivity index (χ1v) is 4.84. The summed E-state index contributed by atoms with van der Waals surface area (Å²) in [6, 6.07) is 5.13. The highest BCUT2D eigenvalue weighted by Crippen LogP contribution is 2.25. The molecule has 0 saturated heterocycles. The first kappa shape index (κ1) is 10.3. The lowest BCUT2D eigenvalue weighted by atomic mass is 10.1. The highest BCUT2D eigenvalue weighted by Gasteiger charge is 2.04. The summed E-state index contributed by atoms with van der Waals surface area (Å²) < 4.78 is 0. The Bertz CT molecular complexity index is 665. The molecule has 1 N–H and O–H groups in total. The number of H-pyrrole nitrogens is 1. The van der Waals surface area contributed by atoms with Gasteiger partial charge in [0.1, 0.15) is 0 Å². The lowest BCUT2D eigenvalue weighted by Crippen LogP contribution is -2.04. The molecule has 0 amide bonds. The fourth-order valence-electron chi connectivity index (χ4n) is 1.74. The molecule has 80 valence electrons. The predicted octanol–water partition coefficient (Wildman–Crippen LogP) is 2.11. The van der Waals surface area contributed by atoms with Crippen LogP contribution in [0.5, 0.6) is 0 Å². The van der Waals surface area contributed by atoms with Crippen LogP contribution in [0.2, 0.25) is 0 Å². The monoisotopic (exact) mass is 214 g/mol. The maximum Gasteiger partial charge on any atom is 0.248 e. The molecule has 2 aromatic rings. The van der Waals surface area contributed by atoms with E-state index in [0.29, 0.717) is 11.2 Å². The molecule has 0 radical (unpaired) electrons. The summed E-state index contributed by atoms with van der Waals surface area (Å²) in [4.78, 5) is 27.8. The van der Waals surface area contributed by atoms with E-state index in [1.165, 1.54) is 6.08 Å². The van der Waals surface area contributed by atoms with E-state index in [2.05, 4.69) is 9.98 Å². The molecule has 4 nitrogen and oxygen atoms in total. The predicted molar refractivity (Wildman–Crippen MR) is 61.8 cm³/mol. The van der Waals surface area contributed by atoms with Gasteiger partial charge in [0.15, 0.2) is 0 Å². The largest absolute Gasteiger partial charge is 0.322 e. The van der Waals surface area contributed by atoms with Crippen molar-refractivity contribution >= 4 is 22.7 Å². The van der Waals surface area contributed by atoms with Crippen LogP contribution in [0.3, 0.4) is 0 Å². The summed E-state index contributed by atoms with van der Waals surface area (Å²) in [5.41, 5.74) is 2.85. The van der Waals surface area contributed by atoms with Gasteiger partial charge in [0, 0.05) is 11.5 Å². The number of benzene rings is 1. The second-order valence-corrected chi connectivity index (χ2v) is 3.70. The molecule has 0 aliphatic carbocycles. The second-order valence-electron chi connectivity index (χ2n) is 3.70. The van der Waals surface area contributed by atoms with E-state index >= 15 is 0 Å². The van der Waals surface area contributed by atoms with E-state index in [0.717, 1.165) is 16.5 Å². The maximum atomic E-state index is 11.3. The van der Waals surface area contributed by atoms with Crippen LogP contribution >= 0.6 is 0 Å². The van der Waals surface area contributed by atoms with Gasteiger partial charge in [0.05, 0.1) is 11.2 Å². The smallest absolute Gasteiger partial charge is 0.248 e. The number of aryl methyl sites for hydroxylation is 2. The van der Waals surface area contributed by atoms with Crippen LogP contribution in [0, 0.1) is 13.8 Å². The lowest BCUT2D eigenvalue weighted by molar-refractivity contribution is 0.565. The number of nitrogens with one attached hydrogen (secondary N) is 1. The SMILES string of the molecule is Cc1cc2c(C)cc(=O)[nH]c2cc1N=C=O. The zero-order chi connectivity index (χ0) is 11.7. The van der Waals surface area contributed by atoms with Gasteiger partial charge >= 0.3 is 0 Å². The van der Waals surface area contributed by atoms with Gasteiger partial charge in [-0.05, 0) is 37.1 Å². The van der Waals surface area contributed by atoms with E-state index in [-0.39, 0.29) is 5.56 Å². The molecule has 2 rings (SSSR count). The van der Waals surface area contributed by atoms with Gasteiger partial charge in [-0.3, -0.25) is 4.79 Å². The third kappa shape index (κ3) is 1.66. The van der Waals surface area contributed by atoms with Crippen LogP contribution in [-0.4, -0.2) is 11.1 Å². The Balaban J connectivity index is 2.89. The fraction of sp³-hybridized carbons (Fsp3) is 0.167. The average Bonchev–Trinajstić information content (AvgIpc) is 2.21. The van der Waals surface area contributed by atoms with Gasteiger partial charge in [-0.15, -0.1) is 0 Å². The lowest BCUT2D eigenvalue weighted by Gasteiger charge is -2.04. The van der Waals surface area contributed by atoms with E-state index in [9.17, 15) is 9.59 Å². The van der Waals surface area contributed by atoms with Crippen molar-refractivity contribution in [1.82, 2.24) is 4.98 Å². The number of fused-ring (bicyclic) bond motifs is 1. The third-order valence-corrected chi connectivity index (χ3v) is 2.53. The van der Waals surface area contributed by atoms with Gasteiger partial charge in [-0.2, -0.15) is 4.99 Å². The highest BCUT2D eigenvalue weighted by atomic mass is 16.1. The minimum atomic E-state index is -0.158. The highest BCUT2D eigenvalue weighted by molar-refractivity contribution is 5.86. The van der Waals surface area contributed by atoms with E-state index < -0.39 is 0 Å². The van der Waals surface area contributed by atoms with Crippen LogP contribution in [0.1, 0.15) is 11.1 Å². The summed E-state index contributed by atoms with van der Waals surface area (Å²) in [5.74, 6) is 0. The number of rotatable bonds is 1. The summed E-state index contributed by atoms with van der Waals surface area (Å²) in [7, 11) is 0. The van der Waals surface area contributed by atoms with Gasteiger partial charge in [-0.1, -0.05) is 0 Å². The minimum absolute atomic E-state index is 0.158. The van der Waals surface area contributed by atoms with Crippen LogP contribution in [0.15, 0.2) is 28.0 Å². The summed E-state index contributed by atoms with van der Waals surface area (Å²) in [5, 5.41) is 0.960. The number of aromatic amines is 1. The number of hydrogen-bond donors (Lipinski definition) is 1.